The minimum Gasteiger partial charge on any atom is -0.354 e. The third-order valence-electron chi connectivity index (χ3n) is 7.10. The van der Waals surface area contributed by atoms with Crippen molar-refractivity contribution in [1.82, 2.24) is 10.2 Å². The molecule has 1 saturated heterocycles. The van der Waals surface area contributed by atoms with Gasteiger partial charge in [-0.05, 0) is 70.0 Å². The number of aryl methyl sites for hydroxylation is 3. The second kappa shape index (κ2) is 8.12. The predicted octanol–water partition coefficient (Wildman–Crippen LogP) is 3.18. The van der Waals surface area contributed by atoms with Crippen LogP contribution in [0.5, 0.6) is 0 Å². The fraction of sp³-hybridized carbons (Fsp3) is 0.462. The Morgan fingerprint density at radius 3 is 2.23 bits per heavy atom. The molecule has 0 saturated carbocycles. The van der Waals surface area contributed by atoms with Gasteiger partial charge in [0.05, 0.1) is 5.92 Å². The van der Waals surface area contributed by atoms with Crippen molar-refractivity contribution in [1.29, 1.82) is 0 Å². The van der Waals surface area contributed by atoms with E-state index in [0.29, 0.717) is 13.1 Å². The zero-order valence-electron chi connectivity index (χ0n) is 19.3. The quantitative estimate of drug-likeness (QED) is 0.810. The van der Waals surface area contributed by atoms with Crippen molar-refractivity contribution in [3.8, 4) is 0 Å². The normalized spacial score (nSPS) is 19.7. The van der Waals surface area contributed by atoms with E-state index in [0.717, 1.165) is 29.7 Å². The maximum Gasteiger partial charge on any atom is 0.227 e. The first-order chi connectivity index (χ1) is 14.7. The van der Waals surface area contributed by atoms with Gasteiger partial charge in [-0.2, -0.15) is 0 Å². The topological polar surface area (TPSA) is 52.7 Å². The average Bonchev–Trinajstić information content (AvgIpc) is 3.27. The number of benzene rings is 2. The maximum atomic E-state index is 13.1. The number of nitrogens with one attached hydrogen (secondary N) is 1. The second-order valence-electron chi connectivity index (χ2n) is 9.61. The van der Waals surface area contributed by atoms with E-state index in [4.69, 9.17) is 0 Å². The van der Waals surface area contributed by atoms with Crippen LogP contribution in [-0.4, -0.2) is 49.4 Å². The first-order valence-corrected chi connectivity index (χ1v) is 11.1. The Hall–Kier alpha value is -2.66. The second-order valence-corrected chi connectivity index (χ2v) is 9.61. The van der Waals surface area contributed by atoms with E-state index < -0.39 is 0 Å². The van der Waals surface area contributed by atoms with Crippen molar-refractivity contribution < 1.29 is 9.59 Å². The van der Waals surface area contributed by atoms with Crippen molar-refractivity contribution in [3.63, 3.8) is 0 Å². The molecule has 1 aliphatic heterocycles. The van der Waals surface area contributed by atoms with Crippen LogP contribution < -0.4 is 10.2 Å². The summed E-state index contributed by atoms with van der Waals surface area (Å²) in [5.74, 6) is -0.295. The summed E-state index contributed by atoms with van der Waals surface area (Å²) in [6.45, 7) is 7.17. The summed E-state index contributed by atoms with van der Waals surface area (Å²) in [5.41, 5.74) is 6.92. The molecular formula is C26H33N3O2. The van der Waals surface area contributed by atoms with E-state index in [1.807, 2.05) is 18.7 Å². The molecule has 1 aliphatic carbocycles. The molecule has 2 aromatic rings. The van der Waals surface area contributed by atoms with Crippen molar-refractivity contribution in [2.75, 3.05) is 32.1 Å². The lowest BCUT2D eigenvalue weighted by Gasteiger charge is -2.36. The van der Waals surface area contributed by atoms with Gasteiger partial charge >= 0.3 is 0 Å². The molecule has 0 radical (unpaired) electrons. The number of nitrogens with zero attached hydrogens (tertiary/aromatic N) is 2. The molecule has 4 rings (SSSR count). The van der Waals surface area contributed by atoms with Gasteiger partial charge in [0.15, 0.2) is 0 Å². The number of anilines is 1. The van der Waals surface area contributed by atoms with E-state index in [9.17, 15) is 9.59 Å². The molecule has 0 bridgehead atoms. The molecule has 5 heteroatoms. The summed E-state index contributed by atoms with van der Waals surface area (Å²) in [6.07, 6.45) is 2.12. The highest BCUT2D eigenvalue weighted by atomic mass is 16.2. The number of fused-ring (bicyclic) bond motifs is 1. The highest BCUT2D eigenvalue weighted by Gasteiger charge is 2.41. The fourth-order valence-corrected chi connectivity index (χ4v) is 5.37. The van der Waals surface area contributed by atoms with Crippen LogP contribution in [0, 0.1) is 26.7 Å². The van der Waals surface area contributed by atoms with Crippen molar-refractivity contribution in [2.45, 2.75) is 45.6 Å². The van der Waals surface area contributed by atoms with Crippen LogP contribution >= 0.6 is 0 Å². The summed E-state index contributed by atoms with van der Waals surface area (Å²) in [5, 5.41) is 3.19. The van der Waals surface area contributed by atoms with Gasteiger partial charge in [-0.1, -0.05) is 42.0 Å². The molecule has 164 valence electrons. The SMILES string of the molecule is Cc1cc(C)c(N2CC(C(=O)NCC3(N(C)C)Cc4ccccc4C3)CC2=O)c(C)c1. The van der Waals surface area contributed by atoms with Gasteiger partial charge in [0.2, 0.25) is 11.8 Å². The lowest BCUT2D eigenvalue weighted by molar-refractivity contribution is -0.126. The van der Waals surface area contributed by atoms with Gasteiger partial charge in [-0.25, -0.2) is 0 Å². The molecular weight excluding hydrogens is 386 g/mol. The van der Waals surface area contributed by atoms with Crippen molar-refractivity contribution in [2.24, 2.45) is 5.92 Å². The molecule has 5 nitrogen and oxygen atoms in total. The molecule has 2 aromatic carbocycles. The van der Waals surface area contributed by atoms with Crippen molar-refractivity contribution in [3.05, 3.63) is 64.2 Å². The molecule has 1 heterocycles. The van der Waals surface area contributed by atoms with Gasteiger partial charge in [0.1, 0.15) is 0 Å². The smallest absolute Gasteiger partial charge is 0.227 e. The van der Waals surface area contributed by atoms with Gasteiger partial charge in [-0.15, -0.1) is 0 Å². The number of hydrogen-bond acceptors (Lipinski definition) is 3. The lowest BCUT2D eigenvalue weighted by Crippen LogP contribution is -2.54. The van der Waals surface area contributed by atoms with E-state index >= 15 is 0 Å². The Bertz CT molecular complexity index is 979. The molecule has 0 spiro atoms. The third-order valence-corrected chi connectivity index (χ3v) is 7.10. The summed E-state index contributed by atoms with van der Waals surface area (Å²) < 4.78 is 0. The van der Waals surface area contributed by atoms with Crippen LogP contribution in [0.25, 0.3) is 0 Å². The number of rotatable bonds is 5. The van der Waals surface area contributed by atoms with Crippen LogP contribution in [0.4, 0.5) is 5.69 Å². The Morgan fingerprint density at radius 2 is 1.68 bits per heavy atom. The minimum absolute atomic E-state index is 0.0181. The minimum atomic E-state index is -0.310. The van der Waals surface area contributed by atoms with E-state index in [1.54, 1.807) is 0 Å². The molecule has 1 unspecified atom stereocenters. The zero-order chi connectivity index (χ0) is 22.3. The highest BCUT2D eigenvalue weighted by Crippen LogP contribution is 2.34. The Balaban J connectivity index is 1.45. The largest absolute Gasteiger partial charge is 0.354 e. The average molecular weight is 420 g/mol. The number of amides is 2. The first kappa shape index (κ1) is 21.6. The molecule has 2 amide bonds. The van der Waals surface area contributed by atoms with Crippen LogP contribution in [-0.2, 0) is 22.4 Å². The summed E-state index contributed by atoms with van der Waals surface area (Å²) in [4.78, 5) is 29.9. The summed E-state index contributed by atoms with van der Waals surface area (Å²) in [6, 6.07) is 12.7. The Morgan fingerprint density at radius 1 is 1.10 bits per heavy atom. The number of likely N-dealkylation sites (N-methyl/N-ethyl adjacent to an activating group) is 1. The van der Waals surface area contributed by atoms with Gasteiger partial charge in [0.25, 0.3) is 0 Å². The molecule has 1 fully saturated rings. The molecule has 1 atom stereocenters. The molecule has 31 heavy (non-hydrogen) atoms. The number of hydrogen-bond donors (Lipinski definition) is 1. The first-order valence-electron chi connectivity index (χ1n) is 11.1. The molecule has 1 N–H and O–H groups in total. The summed E-state index contributed by atoms with van der Waals surface area (Å²) >= 11 is 0. The van der Waals surface area contributed by atoms with E-state index in [2.05, 4.69) is 67.6 Å². The maximum absolute atomic E-state index is 13.1. The standard InChI is InChI=1S/C26H33N3O2/c1-17-10-18(2)24(19(3)11-17)29-15-22(12-23(29)30)25(31)27-16-26(28(4)5)13-20-8-6-7-9-21(20)14-26/h6-11,22H,12-16H2,1-5H3,(H,27,31). The molecule has 0 aromatic heterocycles. The monoisotopic (exact) mass is 419 g/mol. The van der Waals surface area contributed by atoms with E-state index in [-0.39, 0.29) is 29.7 Å². The highest BCUT2D eigenvalue weighted by molar-refractivity contribution is 6.01. The molecule has 2 aliphatic rings. The Kier molecular flexibility index (Phi) is 5.65. The Labute approximate surface area is 185 Å². The number of carbonyl (C=O) groups is 2. The fourth-order valence-electron chi connectivity index (χ4n) is 5.37. The predicted molar refractivity (Wildman–Crippen MR) is 124 cm³/mol. The van der Waals surface area contributed by atoms with Crippen LogP contribution in [0.2, 0.25) is 0 Å². The van der Waals surface area contributed by atoms with Crippen LogP contribution in [0.15, 0.2) is 36.4 Å². The lowest BCUT2D eigenvalue weighted by atomic mass is 9.93. The van der Waals surface area contributed by atoms with Gasteiger partial charge in [-0.3, -0.25) is 9.59 Å². The van der Waals surface area contributed by atoms with Crippen molar-refractivity contribution >= 4 is 17.5 Å². The third kappa shape index (κ3) is 3.99. The summed E-state index contributed by atoms with van der Waals surface area (Å²) in [7, 11) is 4.17. The van der Waals surface area contributed by atoms with Gasteiger partial charge < -0.3 is 15.1 Å². The number of carbonyl (C=O) groups excluding carboxylic acids is 2. The van der Waals surface area contributed by atoms with Crippen LogP contribution in [0.3, 0.4) is 0 Å². The van der Waals surface area contributed by atoms with E-state index in [1.165, 1.54) is 16.7 Å². The van der Waals surface area contributed by atoms with Crippen LogP contribution in [0.1, 0.15) is 34.2 Å². The zero-order valence-corrected chi connectivity index (χ0v) is 19.3. The van der Waals surface area contributed by atoms with Gasteiger partial charge in [0, 0.05) is 30.7 Å².